The van der Waals surface area contributed by atoms with Gasteiger partial charge in [0.05, 0.1) is 5.56 Å². The van der Waals surface area contributed by atoms with E-state index in [0.29, 0.717) is 12.0 Å². The first kappa shape index (κ1) is 16.0. The Morgan fingerprint density at radius 1 is 0.962 bits per heavy atom. The van der Waals surface area contributed by atoms with Gasteiger partial charge in [-0.15, -0.1) is 0 Å². The van der Waals surface area contributed by atoms with Crippen molar-refractivity contribution in [3.8, 4) is 16.9 Å². The number of fused-ring (bicyclic) bond motifs is 1. The van der Waals surface area contributed by atoms with Crippen LogP contribution >= 0.6 is 0 Å². The van der Waals surface area contributed by atoms with Crippen LogP contribution in [-0.4, -0.2) is 16.1 Å². The minimum Gasteiger partial charge on any atom is -0.488 e. The van der Waals surface area contributed by atoms with Gasteiger partial charge in [0.1, 0.15) is 12.4 Å². The second kappa shape index (κ2) is 6.76. The zero-order valence-corrected chi connectivity index (χ0v) is 14.0. The van der Waals surface area contributed by atoms with Crippen LogP contribution in [0.2, 0.25) is 0 Å². The summed E-state index contributed by atoms with van der Waals surface area (Å²) in [6, 6.07) is 23.5. The Hall–Kier alpha value is -3.53. The molecule has 0 atom stereocenters. The fraction of sp³-hybridized carbons (Fsp3) is 0.0455. The van der Waals surface area contributed by atoms with Gasteiger partial charge in [0.2, 0.25) is 0 Å². The summed E-state index contributed by atoms with van der Waals surface area (Å²) < 4.78 is 6.02. The molecule has 4 rings (SSSR count). The fourth-order valence-corrected chi connectivity index (χ4v) is 3.03. The molecule has 0 bridgehead atoms. The van der Waals surface area contributed by atoms with Crippen molar-refractivity contribution in [2.24, 2.45) is 0 Å². The number of para-hydroxylation sites is 1. The number of aromatic carboxylic acids is 1. The zero-order chi connectivity index (χ0) is 17.9. The van der Waals surface area contributed by atoms with Crippen LogP contribution in [0, 0.1) is 0 Å². The van der Waals surface area contributed by atoms with Crippen molar-refractivity contribution in [3.63, 3.8) is 0 Å². The van der Waals surface area contributed by atoms with E-state index in [1.54, 1.807) is 0 Å². The van der Waals surface area contributed by atoms with Crippen LogP contribution in [0.3, 0.4) is 0 Å². The number of nitrogens with one attached hydrogen (secondary N) is 1. The van der Waals surface area contributed by atoms with E-state index in [9.17, 15) is 9.90 Å². The van der Waals surface area contributed by atoms with Gasteiger partial charge >= 0.3 is 5.97 Å². The summed E-state index contributed by atoms with van der Waals surface area (Å²) in [7, 11) is 0. The number of carboxylic acids is 1. The molecule has 0 amide bonds. The number of hydrogen-bond donors (Lipinski definition) is 2. The lowest BCUT2D eigenvalue weighted by Gasteiger charge is -2.12. The largest absolute Gasteiger partial charge is 0.488 e. The molecule has 26 heavy (non-hydrogen) atoms. The van der Waals surface area contributed by atoms with Crippen LogP contribution in [0.5, 0.6) is 5.75 Å². The Labute approximate surface area is 150 Å². The minimum absolute atomic E-state index is 0.268. The van der Waals surface area contributed by atoms with E-state index in [4.69, 9.17) is 4.74 Å². The number of rotatable bonds is 5. The zero-order valence-electron chi connectivity index (χ0n) is 14.0. The number of aromatic nitrogens is 1. The maximum atomic E-state index is 11.4. The van der Waals surface area contributed by atoms with E-state index >= 15 is 0 Å². The summed E-state index contributed by atoms with van der Waals surface area (Å²) in [5.74, 6) is -0.176. The third-order valence-corrected chi connectivity index (χ3v) is 4.35. The maximum absolute atomic E-state index is 11.4. The monoisotopic (exact) mass is 343 g/mol. The van der Waals surface area contributed by atoms with Crippen molar-refractivity contribution < 1.29 is 14.6 Å². The maximum Gasteiger partial charge on any atom is 0.337 e. The first-order chi connectivity index (χ1) is 12.7. The number of benzene rings is 3. The summed E-state index contributed by atoms with van der Waals surface area (Å²) in [5, 5.41) is 10.0. The van der Waals surface area contributed by atoms with Crippen LogP contribution in [0.15, 0.2) is 79.0 Å². The van der Waals surface area contributed by atoms with Crippen molar-refractivity contribution in [1.82, 2.24) is 4.98 Å². The van der Waals surface area contributed by atoms with Crippen LogP contribution in [0.1, 0.15) is 15.9 Å². The van der Waals surface area contributed by atoms with E-state index in [1.165, 1.54) is 6.20 Å². The van der Waals surface area contributed by atoms with Gasteiger partial charge in [0.15, 0.2) is 0 Å². The first-order valence-corrected chi connectivity index (χ1v) is 8.33. The quantitative estimate of drug-likeness (QED) is 0.529. The number of aromatic amines is 1. The van der Waals surface area contributed by atoms with E-state index in [2.05, 4.69) is 4.98 Å². The molecule has 4 heteroatoms. The summed E-state index contributed by atoms with van der Waals surface area (Å²) >= 11 is 0. The second-order valence-corrected chi connectivity index (χ2v) is 6.04. The Kier molecular flexibility index (Phi) is 4.15. The van der Waals surface area contributed by atoms with Gasteiger partial charge in [-0.25, -0.2) is 4.79 Å². The van der Waals surface area contributed by atoms with Crippen LogP contribution in [0.4, 0.5) is 0 Å². The van der Waals surface area contributed by atoms with Crippen molar-refractivity contribution >= 4 is 16.9 Å². The Morgan fingerprint density at radius 2 is 1.73 bits per heavy atom. The highest BCUT2D eigenvalue weighted by Crippen LogP contribution is 2.33. The van der Waals surface area contributed by atoms with E-state index in [1.807, 2.05) is 72.8 Å². The lowest BCUT2D eigenvalue weighted by Crippen LogP contribution is -1.97. The standard InChI is InChI=1S/C22H17NO3/c24-22(25)19-13-23-20-11-10-16(12-18(19)20)17-8-4-5-9-21(17)26-14-15-6-2-1-3-7-15/h1-13,23H,14H2,(H,24,25). The molecule has 0 unspecified atom stereocenters. The Morgan fingerprint density at radius 3 is 2.54 bits per heavy atom. The molecule has 0 aliphatic carbocycles. The van der Waals surface area contributed by atoms with Crippen molar-refractivity contribution in [3.05, 3.63) is 90.1 Å². The molecule has 0 fully saturated rings. The molecule has 0 radical (unpaired) electrons. The minimum atomic E-state index is -0.943. The first-order valence-electron chi connectivity index (χ1n) is 8.33. The predicted octanol–water partition coefficient (Wildman–Crippen LogP) is 5.11. The number of ether oxygens (including phenoxy) is 1. The van der Waals surface area contributed by atoms with Gasteiger partial charge in [-0.2, -0.15) is 0 Å². The van der Waals surface area contributed by atoms with E-state index in [0.717, 1.165) is 28.0 Å². The summed E-state index contributed by atoms with van der Waals surface area (Å²) in [6.45, 7) is 0.477. The van der Waals surface area contributed by atoms with Gasteiger partial charge in [-0.05, 0) is 29.3 Å². The topological polar surface area (TPSA) is 62.3 Å². The molecular weight excluding hydrogens is 326 g/mol. The number of H-pyrrole nitrogens is 1. The Bertz CT molecular complexity index is 1070. The van der Waals surface area contributed by atoms with Gasteiger partial charge in [-0.3, -0.25) is 0 Å². The van der Waals surface area contributed by atoms with Gasteiger partial charge in [0.25, 0.3) is 0 Å². The average Bonchev–Trinajstić information content (AvgIpc) is 3.11. The van der Waals surface area contributed by atoms with Crippen LogP contribution < -0.4 is 4.74 Å². The molecule has 0 aliphatic heterocycles. The summed E-state index contributed by atoms with van der Waals surface area (Å²) in [5.41, 5.74) is 4.01. The van der Waals surface area contributed by atoms with Crippen molar-refractivity contribution in [1.29, 1.82) is 0 Å². The van der Waals surface area contributed by atoms with Crippen molar-refractivity contribution in [2.75, 3.05) is 0 Å². The molecule has 3 aromatic carbocycles. The lowest BCUT2D eigenvalue weighted by molar-refractivity contribution is 0.0699. The van der Waals surface area contributed by atoms with Gasteiger partial charge in [0, 0.05) is 22.7 Å². The molecular formula is C22H17NO3. The molecule has 1 heterocycles. The molecule has 4 aromatic rings. The van der Waals surface area contributed by atoms with E-state index < -0.39 is 5.97 Å². The summed E-state index contributed by atoms with van der Waals surface area (Å²) in [6.07, 6.45) is 1.52. The highest BCUT2D eigenvalue weighted by Gasteiger charge is 2.13. The van der Waals surface area contributed by atoms with E-state index in [-0.39, 0.29) is 5.56 Å². The molecule has 0 saturated carbocycles. The van der Waals surface area contributed by atoms with Crippen LogP contribution in [-0.2, 0) is 6.61 Å². The smallest absolute Gasteiger partial charge is 0.337 e. The molecule has 0 saturated heterocycles. The molecule has 128 valence electrons. The predicted molar refractivity (Wildman–Crippen MR) is 101 cm³/mol. The third kappa shape index (κ3) is 3.05. The van der Waals surface area contributed by atoms with Gasteiger partial charge < -0.3 is 14.8 Å². The highest BCUT2D eigenvalue weighted by atomic mass is 16.5. The second-order valence-electron chi connectivity index (χ2n) is 6.04. The molecule has 2 N–H and O–H groups in total. The average molecular weight is 343 g/mol. The molecule has 0 spiro atoms. The molecule has 0 aliphatic rings. The molecule has 4 nitrogen and oxygen atoms in total. The third-order valence-electron chi connectivity index (χ3n) is 4.35. The number of carboxylic acid groups (broad SMARTS) is 1. The number of carbonyl (C=O) groups is 1. The van der Waals surface area contributed by atoms with Crippen LogP contribution in [0.25, 0.3) is 22.0 Å². The highest BCUT2D eigenvalue weighted by molar-refractivity contribution is 6.04. The SMILES string of the molecule is O=C(O)c1c[nH]c2ccc(-c3ccccc3OCc3ccccc3)cc12. The van der Waals surface area contributed by atoms with Gasteiger partial charge in [-0.1, -0.05) is 54.6 Å². The van der Waals surface area contributed by atoms with Crippen molar-refractivity contribution in [2.45, 2.75) is 6.61 Å². The summed E-state index contributed by atoms with van der Waals surface area (Å²) in [4.78, 5) is 14.4. The molecule has 1 aromatic heterocycles. The fourth-order valence-electron chi connectivity index (χ4n) is 3.03. The lowest BCUT2D eigenvalue weighted by atomic mass is 10.0. The number of hydrogen-bond acceptors (Lipinski definition) is 2. The normalized spacial score (nSPS) is 10.8. The Balaban J connectivity index is 1.70.